The van der Waals surface area contributed by atoms with E-state index in [0.29, 0.717) is 11.1 Å². The SMILES string of the molecule is Nc1ncc(Br)cc1C(=O)c1ccncc1. The smallest absolute Gasteiger partial charge is 0.196 e. The molecule has 0 atom stereocenters. The molecule has 0 amide bonds. The Bertz CT molecular complexity index is 528. The summed E-state index contributed by atoms with van der Waals surface area (Å²) >= 11 is 3.25. The lowest BCUT2D eigenvalue weighted by Gasteiger charge is -2.04. The van der Waals surface area contributed by atoms with Crippen molar-refractivity contribution >= 4 is 27.5 Å². The highest BCUT2D eigenvalue weighted by Gasteiger charge is 2.13. The summed E-state index contributed by atoms with van der Waals surface area (Å²) in [5.41, 5.74) is 6.59. The molecule has 0 saturated heterocycles. The fraction of sp³-hybridized carbons (Fsp3) is 0. The molecule has 16 heavy (non-hydrogen) atoms. The molecule has 4 nitrogen and oxygen atoms in total. The minimum atomic E-state index is -0.159. The Hall–Kier alpha value is -1.75. The number of pyridine rings is 2. The van der Waals surface area contributed by atoms with Gasteiger partial charge in [-0.1, -0.05) is 0 Å². The molecule has 0 bridgehead atoms. The predicted molar refractivity (Wildman–Crippen MR) is 64.0 cm³/mol. The molecule has 0 aliphatic carbocycles. The third kappa shape index (κ3) is 2.09. The topological polar surface area (TPSA) is 68.9 Å². The molecule has 0 aliphatic heterocycles. The summed E-state index contributed by atoms with van der Waals surface area (Å²) in [6.07, 6.45) is 4.68. The van der Waals surface area contributed by atoms with Crippen molar-refractivity contribution in [3.05, 3.63) is 52.4 Å². The number of carbonyl (C=O) groups is 1. The van der Waals surface area contributed by atoms with Crippen LogP contribution in [0.2, 0.25) is 0 Å². The third-order valence-corrected chi connectivity index (χ3v) is 2.51. The zero-order valence-electron chi connectivity index (χ0n) is 8.22. The summed E-state index contributed by atoms with van der Waals surface area (Å²) in [6, 6.07) is 4.94. The highest BCUT2D eigenvalue weighted by molar-refractivity contribution is 9.10. The third-order valence-electron chi connectivity index (χ3n) is 2.07. The quantitative estimate of drug-likeness (QED) is 0.853. The van der Waals surface area contributed by atoms with E-state index in [1.165, 1.54) is 0 Å². The Balaban J connectivity index is 2.46. The lowest BCUT2D eigenvalue weighted by Crippen LogP contribution is -2.07. The number of nitrogen functional groups attached to an aromatic ring is 1. The summed E-state index contributed by atoms with van der Waals surface area (Å²) in [6.45, 7) is 0. The second-order valence-corrected chi connectivity index (χ2v) is 4.07. The average Bonchev–Trinajstić information content (AvgIpc) is 2.32. The number of carbonyl (C=O) groups excluding carboxylic acids is 1. The second-order valence-electron chi connectivity index (χ2n) is 3.15. The normalized spacial score (nSPS) is 10.1. The molecular formula is C11H8BrN3O. The van der Waals surface area contributed by atoms with Crippen LogP contribution in [0.3, 0.4) is 0 Å². The molecule has 0 unspecified atom stereocenters. The van der Waals surface area contributed by atoms with E-state index in [2.05, 4.69) is 25.9 Å². The van der Waals surface area contributed by atoms with Gasteiger partial charge in [-0.05, 0) is 34.1 Å². The molecule has 5 heteroatoms. The summed E-state index contributed by atoms with van der Waals surface area (Å²) in [5, 5.41) is 0. The summed E-state index contributed by atoms with van der Waals surface area (Å²) in [4.78, 5) is 19.8. The molecule has 2 aromatic rings. The summed E-state index contributed by atoms with van der Waals surface area (Å²) in [5.74, 6) is 0.0683. The minimum absolute atomic E-state index is 0.159. The highest BCUT2D eigenvalue weighted by Crippen LogP contribution is 2.18. The maximum atomic E-state index is 12.1. The highest BCUT2D eigenvalue weighted by atomic mass is 79.9. The first-order valence-corrected chi connectivity index (χ1v) is 5.33. The van der Waals surface area contributed by atoms with Crippen LogP contribution in [0.1, 0.15) is 15.9 Å². The zero-order chi connectivity index (χ0) is 11.5. The van der Waals surface area contributed by atoms with Gasteiger partial charge in [0.2, 0.25) is 0 Å². The maximum absolute atomic E-state index is 12.1. The number of anilines is 1. The summed E-state index contributed by atoms with van der Waals surface area (Å²) in [7, 11) is 0. The van der Waals surface area contributed by atoms with Gasteiger partial charge in [0.15, 0.2) is 5.78 Å². The maximum Gasteiger partial charge on any atom is 0.196 e. The van der Waals surface area contributed by atoms with E-state index in [9.17, 15) is 4.79 Å². The standard InChI is InChI=1S/C11H8BrN3O/c12-8-5-9(11(13)15-6-8)10(16)7-1-3-14-4-2-7/h1-6H,(H2,13,15). The monoisotopic (exact) mass is 277 g/mol. The van der Waals surface area contributed by atoms with Crippen LogP contribution < -0.4 is 5.73 Å². The lowest BCUT2D eigenvalue weighted by molar-refractivity contribution is 0.103. The molecule has 0 aliphatic rings. The second kappa shape index (κ2) is 4.40. The van der Waals surface area contributed by atoms with E-state index in [1.54, 1.807) is 36.8 Å². The van der Waals surface area contributed by atoms with Gasteiger partial charge in [0.25, 0.3) is 0 Å². The van der Waals surface area contributed by atoms with Crippen LogP contribution in [-0.4, -0.2) is 15.8 Å². The van der Waals surface area contributed by atoms with E-state index >= 15 is 0 Å². The first kappa shape index (κ1) is 10.8. The van der Waals surface area contributed by atoms with Crippen molar-refractivity contribution in [3.63, 3.8) is 0 Å². The van der Waals surface area contributed by atoms with E-state index in [0.717, 1.165) is 4.47 Å². The Kier molecular flexibility index (Phi) is 2.96. The van der Waals surface area contributed by atoms with Crippen molar-refractivity contribution in [2.75, 3.05) is 5.73 Å². The van der Waals surface area contributed by atoms with Gasteiger partial charge in [0.1, 0.15) is 5.82 Å². The van der Waals surface area contributed by atoms with Crippen LogP contribution >= 0.6 is 15.9 Å². The molecule has 0 radical (unpaired) electrons. The van der Waals surface area contributed by atoms with Gasteiger partial charge in [0, 0.05) is 28.6 Å². The number of nitrogens with two attached hydrogens (primary N) is 1. The Morgan fingerprint density at radius 1 is 1.31 bits per heavy atom. The minimum Gasteiger partial charge on any atom is -0.383 e. The van der Waals surface area contributed by atoms with Gasteiger partial charge in [-0.25, -0.2) is 4.98 Å². The van der Waals surface area contributed by atoms with Crippen molar-refractivity contribution in [3.8, 4) is 0 Å². The summed E-state index contributed by atoms with van der Waals surface area (Å²) < 4.78 is 0.721. The lowest BCUT2D eigenvalue weighted by atomic mass is 10.1. The van der Waals surface area contributed by atoms with E-state index < -0.39 is 0 Å². The molecule has 80 valence electrons. The van der Waals surface area contributed by atoms with Crippen LogP contribution in [0.15, 0.2) is 41.3 Å². The number of hydrogen-bond donors (Lipinski definition) is 1. The molecule has 0 spiro atoms. The van der Waals surface area contributed by atoms with Crippen molar-refractivity contribution in [2.45, 2.75) is 0 Å². The molecule has 0 fully saturated rings. The molecule has 2 N–H and O–H groups in total. The largest absolute Gasteiger partial charge is 0.383 e. The van der Waals surface area contributed by atoms with Crippen LogP contribution in [0.25, 0.3) is 0 Å². The predicted octanol–water partition coefficient (Wildman–Crippen LogP) is 2.05. The van der Waals surface area contributed by atoms with Gasteiger partial charge in [0.05, 0.1) is 5.56 Å². The number of hydrogen-bond acceptors (Lipinski definition) is 4. The first-order chi connectivity index (χ1) is 7.68. The molecule has 2 aromatic heterocycles. The fourth-order valence-electron chi connectivity index (χ4n) is 1.29. The molecular weight excluding hydrogens is 270 g/mol. The van der Waals surface area contributed by atoms with Crippen LogP contribution in [0.4, 0.5) is 5.82 Å². The van der Waals surface area contributed by atoms with Gasteiger partial charge in [-0.2, -0.15) is 0 Å². The van der Waals surface area contributed by atoms with Gasteiger partial charge in [-0.3, -0.25) is 9.78 Å². The zero-order valence-corrected chi connectivity index (χ0v) is 9.81. The van der Waals surface area contributed by atoms with Crippen LogP contribution in [0.5, 0.6) is 0 Å². The number of halogens is 1. The number of rotatable bonds is 2. The fourth-order valence-corrected chi connectivity index (χ4v) is 1.62. The molecule has 0 saturated carbocycles. The molecule has 2 rings (SSSR count). The Morgan fingerprint density at radius 2 is 2.00 bits per heavy atom. The van der Waals surface area contributed by atoms with Crippen molar-refractivity contribution in [1.82, 2.24) is 9.97 Å². The molecule has 0 aromatic carbocycles. The first-order valence-electron chi connectivity index (χ1n) is 4.54. The Morgan fingerprint density at radius 3 is 2.69 bits per heavy atom. The average molecular weight is 278 g/mol. The molecule has 2 heterocycles. The van der Waals surface area contributed by atoms with Gasteiger partial charge >= 0.3 is 0 Å². The van der Waals surface area contributed by atoms with E-state index in [4.69, 9.17) is 5.73 Å². The Labute approximate surface area is 101 Å². The number of aromatic nitrogens is 2. The van der Waals surface area contributed by atoms with Crippen molar-refractivity contribution in [2.24, 2.45) is 0 Å². The van der Waals surface area contributed by atoms with E-state index in [1.807, 2.05) is 0 Å². The number of nitrogens with zero attached hydrogens (tertiary/aromatic N) is 2. The van der Waals surface area contributed by atoms with Crippen LogP contribution in [-0.2, 0) is 0 Å². The van der Waals surface area contributed by atoms with Gasteiger partial charge in [-0.15, -0.1) is 0 Å². The number of ketones is 1. The van der Waals surface area contributed by atoms with Crippen molar-refractivity contribution in [1.29, 1.82) is 0 Å². The van der Waals surface area contributed by atoms with Gasteiger partial charge < -0.3 is 5.73 Å². The van der Waals surface area contributed by atoms with E-state index in [-0.39, 0.29) is 11.6 Å². The van der Waals surface area contributed by atoms with Crippen molar-refractivity contribution < 1.29 is 4.79 Å². The van der Waals surface area contributed by atoms with Crippen LogP contribution in [0, 0.1) is 0 Å².